The molecule has 1 aliphatic rings. The van der Waals surface area contributed by atoms with Crippen molar-refractivity contribution in [3.8, 4) is 5.75 Å². The van der Waals surface area contributed by atoms with Crippen molar-refractivity contribution in [2.45, 2.75) is 51.6 Å². The minimum atomic E-state index is -0.527. The Bertz CT molecular complexity index is 980. The van der Waals surface area contributed by atoms with E-state index in [1.807, 2.05) is 12.1 Å². The molecule has 0 fully saturated rings. The van der Waals surface area contributed by atoms with Gasteiger partial charge in [0.2, 0.25) is 0 Å². The van der Waals surface area contributed by atoms with Gasteiger partial charge >= 0.3 is 0 Å². The maximum Gasteiger partial charge on any atom is 0.119 e. The minimum Gasteiger partial charge on any atom is -0.497 e. The highest BCUT2D eigenvalue weighted by Gasteiger charge is 2.21. The molecule has 0 aromatic heterocycles. The number of methoxy groups -OCH3 is 1. The zero-order valence-corrected chi connectivity index (χ0v) is 18.2. The first kappa shape index (κ1) is 20.7. The molecule has 3 nitrogen and oxygen atoms in total. The largest absolute Gasteiger partial charge is 0.497 e. The third-order valence-electron chi connectivity index (χ3n) is 6.37. The summed E-state index contributed by atoms with van der Waals surface area (Å²) in [6.07, 6.45) is 6.49. The molecule has 3 aromatic carbocycles. The van der Waals surface area contributed by atoms with Crippen LogP contribution in [0.4, 0.5) is 5.69 Å². The number of fused-ring (bicyclic) bond motifs is 3. The second-order valence-corrected chi connectivity index (χ2v) is 8.37. The molecule has 0 spiro atoms. The van der Waals surface area contributed by atoms with Crippen molar-refractivity contribution in [1.82, 2.24) is 0 Å². The van der Waals surface area contributed by atoms with Gasteiger partial charge in [0.05, 0.1) is 13.2 Å². The maximum atomic E-state index is 11.4. The highest BCUT2D eigenvalue weighted by atomic mass is 16.5. The van der Waals surface area contributed by atoms with E-state index < -0.39 is 6.10 Å². The smallest absolute Gasteiger partial charge is 0.119 e. The lowest BCUT2D eigenvalue weighted by molar-refractivity contribution is 0.184. The van der Waals surface area contributed by atoms with E-state index in [1.54, 1.807) is 7.11 Å². The summed E-state index contributed by atoms with van der Waals surface area (Å²) < 4.78 is 5.31. The molecule has 0 amide bonds. The molecule has 0 saturated carbocycles. The molecule has 4 rings (SSSR count). The molecule has 0 saturated heterocycles. The van der Waals surface area contributed by atoms with E-state index in [0.717, 1.165) is 49.2 Å². The van der Waals surface area contributed by atoms with E-state index in [0.29, 0.717) is 6.54 Å². The molecular formula is C27H33NO2. The van der Waals surface area contributed by atoms with Gasteiger partial charge in [-0.2, -0.15) is 0 Å². The summed E-state index contributed by atoms with van der Waals surface area (Å²) in [4.78, 5) is 2.31. The molecule has 1 aliphatic carbocycles. The average Bonchev–Trinajstić information content (AvgIpc) is 2.81. The first-order chi connectivity index (χ1) is 14.7. The normalized spacial score (nSPS) is 14.4. The molecule has 1 N–H and O–H groups in total. The van der Waals surface area contributed by atoms with Gasteiger partial charge in [0.15, 0.2) is 0 Å². The number of anilines is 1. The van der Waals surface area contributed by atoms with Gasteiger partial charge in [0.25, 0.3) is 0 Å². The van der Waals surface area contributed by atoms with Crippen molar-refractivity contribution in [3.05, 3.63) is 71.3 Å². The Morgan fingerprint density at radius 1 is 1.00 bits per heavy atom. The number of aryl methyl sites for hydroxylation is 2. The monoisotopic (exact) mass is 403 g/mol. The van der Waals surface area contributed by atoms with Crippen molar-refractivity contribution in [3.63, 3.8) is 0 Å². The van der Waals surface area contributed by atoms with Crippen molar-refractivity contribution in [1.29, 1.82) is 0 Å². The standard InChI is InChI=1S/C27H33NO2/c1-3-4-17-28(21-13-15-22(30-2)16-14-21)19-27(29)26-18-20-9-5-6-10-23(20)24-11-7-8-12-25(24)26/h7-8,11-16,18,27,29H,3-6,9-10,17,19H2,1-2H3/t27-/m0/s1. The van der Waals surface area contributed by atoms with E-state index in [2.05, 4.69) is 54.3 Å². The van der Waals surface area contributed by atoms with Gasteiger partial charge in [-0.3, -0.25) is 0 Å². The summed E-state index contributed by atoms with van der Waals surface area (Å²) in [5.74, 6) is 0.857. The first-order valence-corrected chi connectivity index (χ1v) is 11.3. The Morgan fingerprint density at radius 3 is 2.47 bits per heavy atom. The molecule has 3 heteroatoms. The summed E-state index contributed by atoms with van der Waals surface area (Å²) >= 11 is 0. The zero-order valence-electron chi connectivity index (χ0n) is 18.2. The van der Waals surface area contributed by atoms with E-state index in [-0.39, 0.29) is 0 Å². The third kappa shape index (κ3) is 4.32. The lowest BCUT2D eigenvalue weighted by atomic mass is 9.84. The number of benzene rings is 3. The van der Waals surface area contributed by atoms with Crippen LogP contribution in [0.3, 0.4) is 0 Å². The van der Waals surface area contributed by atoms with Crippen molar-refractivity contribution < 1.29 is 9.84 Å². The fraction of sp³-hybridized carbons (Fsp3) is 0.407. The Balaban J connectivity index is 1.66. The van der Waals surface area contributed by atoms with Crippen LogP contribution in [0.2, 0.25) is 0 Å². The van der Waals surface area contributed by atoms with Crippen LogP contribution in [0.1, 0.15) is 55.4 Å². The van der Waals surface area contributed by atoms with Crippen LogP contribution in [0.15, 0.2) is 54.6 Å². The molecule has 0 heterocycles. The number of hydrogen-bond acceptors (Lipinski definition) is 3. The topological polar surface area (TPSA) is 32.7 Å². The number of ether oxygens (including phenoxy) is 1. The number of aliphatic hydroxyl groups excluding tert-OH is 1. The van der Waals surface area contributed by atoms with Gasteiger partial charge in [-0.15, -0.1) is 0 Å². The summed E-state index contributed by atoms with van der Waals surface area (Å²) in [6, 6.07) is 19.1. The fourth-order valence-electron chi connectivity index (χ4n) is 4.71. The Labute approximate surface area is 180 Å². The number of hydrogen-bond donors (Lipinski definition) is 1. The lowest BCUT2D eigenvalue weighted by Gasteiger charge is -2.29. The van der Waals surface area contributed by atoms with Gasteiger partial charge in [0, 0.05) is 18.8 Å². The molecule has 158 valence electrons. The SMILES string of the molecule is CCCCN(C[C@H](O)c1cc2c(c3ccccc13)CCCC2)c1ccc(OC)cc1. The summed E-state index contributed by atoms with van der Waals surface area (Å²) in [7, 11) is 1.69. The number of rotatable bonds is 8. The molecule has 0 aliphatic heterocycles. The second kappa shape index (κ2) is 9.53. The molecule has 3 aromatic rings. The highest BCUT2D eigenvalue weighted by molar-refractivity contribution is 5.90. The zero-order chi connectivity index (χ0) is 20.9. The van der Waals surface area contributed by atoms with Crippen molar-refractivity contribution >= 4 is 16.5 Å². The first-order valence-electron chi connectivity index (χ1n) is 11.3. The minimum absolute atomic E-state index is 0.527. The molecular weight excluding hydrogens is 370 g/mol. The van der Waals surface area contributed by atoms with E-state index in [9.17, 15) is 5.11 Å². The van der Waals surface area contributed by atoms with Gasteiger partial charge in [-0.1, -0.05) is 43.7 Å². The van der Waals surface area contributed by atoms with Crippen LogP contribution in [-0.2, 0) is 12.8 Å². The van der Waals surface area contributed by atoms with Crippen LogP contribution in [0.5, 0.6) is 5.75 Å². The Hall–Kier alpha value is -2.52. The number of unbranched alkanes of at least 4 members (excludes halogenated alkanes) is 1. The van der Waals surface area contributed by atoms with Gasteiger partial charge in [-0.05, 0) is 83.8 Å². The fourth-order valence-corrected chi connectivity index (χ4v) is 4.71. The van der Waals surface area contributed by atoms with Crippen LogP contribution in [0, 0.1) is 0 Å². The molecule has 0 radical (unpaired) electrons. The van der Waals surface area contributed by atoms with Crippen LogP contribution in [-0.4, -0.2) is 25.3 Å². The van der Waals surface area contributed by atoms with E-state index >= 15 is 0 Å². The summed E-state index contributed by atoms with van der Waals surface area (Å²) in [5.41, 5.74) is 5.12. The average molecular weight is 404 g/mol. The number of aliphatic hydroxyl groups is 1. The van der Waals surface area contributed by atoms with Gasteiger partial charge in [-0.25, -0.2) is 0 Å². The number of nitrogens with zero attached hydrogens (tertiary/aromatic N) is 1. The van der Waals surface area contributed by atoms with Gasteiger partial charge < -0.3 is 14.7 Å². The lowest BCUT2D eigenvalue weighted by Crippen LogP contribution is -2.30. The molecule has 1 atom stereocenters. The van der Waals surface area contributed by atoms with Crippen molar-refractivity contribution in [2.75, 3.05) is 25.1 Å². The van der Waals surface area contributed by atoms with Gasteiger partial charge in [0.1, 0.15) is 5.75 Å². The second-order valence-electron chi connectivity index (χ2n) is 8.37. The quantitative estimate of drug-likeness (QED) is 0.496. The van der Waals surface area contributed by atoms with Crippen LogP contribution in [0.25, 0.3) is 10.8 Å². The third-order valence-corrected chi connectivity index (χ3v) is 6.37. The van der Waals surface area contributed by atoms with Crippen molar-refractivity contribution in [2.24, 2.45) is 0 Å². The van der Waals surface area contributed by atoms with Crippen LogP contribution >= 0.6 is 0 Å². The Kier molecular flexibility index (Phi) is 6.59. The molecule has 0 unspecified atom stereocenters. The maximum absolute atomic E-state index is 11.4. The van der Waals surface area contributed by atoms with Crippen LogP contribution < -0.4 is 9.64 Å². The van der Waals surface area contributed by atoms with E-state index in [4.69, 9.17) is 4.74 Å². The highest BCUT2D eigenvalue weighted by Crippen LogP contribution is 2.35. The molecule has 30 heavy (non-hydrogen) atoms. The molecule has 0 bridgehead atoms. The predicted molar refractivity (Wildman–Crippen MR) is 126 cm³/mol. The summed E-state index contributed by atoms with van der Waals surface area (Å²) in [5, 5.41) is 13.9. The predicted octanol–water partition coefficient (Wildman–Crippen LogP) is 6.07. The van der Waals surface area contributed by atoms with E-state index in [1.165, 1.54) is 34.7 Å². The Morgan fingerprint density at radius 2 is 1.73 bits per heavy atom. The summed E-state index contributed by atoms with van der Waals surface area (Å²) in [6.45, 7) is 3.73.